The summed E-state index contributed by atoms with van der Waals surface area (Å²) in [5.41, 5.74) is 6.36. The van der Waals surface area contributed by atoms with Crippen LogP contribution in [0.2, 0.25) is 0 Å². The predicted octanol–water partition coefficient (Wildman–Crippen LogP) is 1.22. The Hall–Kier alpha value is -2.44. The molecule has 0 radical (unpaired) electrons. The fraction of sp³-hybridized carbons (Fsp3) is 0.333. The quantitative estimate of drug-likeness (QED) is 0.382. The maximum absolute atomic E-state index is 11.7. The normalized spacial score (nSPS) is 15.7. The standard InChI is InChI=1S/C12H13N3O4/c13-10-5-4-9(15(18)19)6-8(10)7-14-11(16)2-1-3-12(14)17/h4-6H,1-3,7,13H2. The molecule has 0 aromatic heterocycles. The molecule has 1 aliphatic rings. The van der Waals surface area contributed by atoms with Crippen molar-refractivity contribution in [2.45, 2.75) is 25.8 Å². The van der Waals surface area contributed by atoms with Crippen molar-refractivity contribution >= 4 is 23.2 Å². The third-order valence-corrected chi connectivity index (χ3v) is 3.05. The highest BCUT2D eigenvalue weighted by Gasteiger charge is 2.26. The van der Waals surface area contributed by atoms with E-state index in [9.17, 15) is 19.7 Å². The van der Waals surface area contributed by atoms with Gasteiger partial charge < -0.3 is 5.73 Å². The lowest BCUT2D eigenvalue weighted by atomic mass is 10.1. The number of nitrogen functional groups attached to an aromatic ring is 1. The number of amides is 2. The number of nitrogens with two attached hydrogens (primary N) is 1. The lowest BCUT2D eigenvalue weighted by Crippen LogP contribution is -2.39. The summed E-state index contributed by atoms with van der Waals surface area (Å²) in [4.78, 5) is 34.6. The fourth-order valence-corrected chi connectivity index (χ4v) is 1.99. The van der Waals surface area contributed by atoms with Crippen LogP contribution in [-0.4, -0.2) is 21.6 Å². The van der Waals surface area contributed by atoms with Crippen LogP contribution in [0.25, 0.3) is 0 Å². The minimum absolute atomic E-state index is 0.00875. The first kappa shape index (κ1) is 13.0. The zero-order valence-corrected chi connectivity index (χ0v) is 10.2. The van der Waals surface area contributed by atoms with Crippen LogP contribution in [0.4, 0.5) is 11.4 Å². The summed E-state index contributed by atoms with van der Waals surface area (Å²) in [6.45, 7) is -0.00875. The third kappa shape index (κ3) is 2.70. The molecule has 0 atom stereocenters. The summed E-state index contributed by atoms with van der Waals surface area (Å²) < 4.78 is 0. The molecule has 1 saturated heterocycles. The van der Waals surface area contributed by atoms with Gasteiger partial charge in [0, 0.05) is 36.2 Å². The Morgan fingerprint density at radius 1 is 1.26 bits per heavy atom. The van der Waals surface area contributed by atoms with E-state index in [1.54, 1.807) is 0 Å². The number of likely N-dealkylation sites (tertiary alicyclic amines) is 1. The number of benzene rings is 1. The Labute approximate surface area is 109 Å². The van der Waals surface area contributed by atoms with E-state index in [0.29, 0.717) is 30.5 Å². The molecule has 2 N–H and O–H groups in total. The molecule has 0 saturated carbocycles. The van der Waals surface area contributed by atoms with E-state index in [4.69, 9.17) is 5.73 Å². The van der Waals surface area contributed by atoms with Gasteiger partial charge in [-0.2, -0.15) is 0 Å². The van der Waals surface area contributed by atoms with E-state index in [2.05, 4.69) is 0 Å². The molecule has 0 spiro atoms. The van der Waals surface area contributed by atoms with Gasteiger partial charge in [-0.15, -0.1) is 0 Å². The van der Waals surface area contributed by atoms with Crippen LogP contribution in [-0.2, 0) is 16.1 Å². The number of nitro benzene ring substituents is 1. The van der Waals surface area contributed by atoms with Crippen molar-refractivity contribution in [1.29, 1.82) is 0 Å². The maximum Gasteiger partial charge on any atom is 0.269 e. The Morgan fingerprint density at radius 3 is 2.47 bits per heavy atom. The molecule has 7 nitrogen and oxygen atoms in total. The molecular weight excluding hydrogens is 250 g/mol. The van der Waals surface area contributed by atoms with E-state index in [1.165, 1.54) is 18.2 Å². The number of carbonyl (C=O) groups is 2. The van der Waals surface area contributed by atoms with Crippen LogP contribution in [0.15, 0.2) is 18.2 Å². The number of rotatable bonds is 3. The summed E-state index contributed by atoms with van der Waals surface area (Å²) in [7, 11) is 0. The average molecular weight is 263 g/mol. The van der Waals surface area contributed by atoms with Gasteiger partial charge in [-0.05, 0) is 12.5 Å². The van der Waals surface area contributed by atoms with Gasteiger partial charge in [0.05, 0.1) is 11.5 Å². The fourth-order valence-electron chi connectivity index (χ4n) is 1.99. The second kappa shape index (κ2) is 5.05. The molecule has 2 rings (SSSR count). The number of non-ortho nitro benzene ring substituents is 1. The topological polar surface area (TPSA) is 107 Å². The number of carbonyl (C=O) groups excluding carboxylic acids is 2. The van der Waals surface area contributed by atoms with Gasteiger partial charge in [-0.25, -0.2) is 0 Å². The highest BCUT2D eigenvalue weighted by Crippen LogP contribution is 2.23. The van der Waals surface area contributed by atoms with E-state index in [1.807, 2.05) is 0 Å². The van der Waals surface area contributed by atoms with E-state index in [0.717, 1.165) is 4.90 Å². The monoisotopic (exact) mass is 263 g/mol. The molecule has 1 heterocycles. The second-order valence-electron chi connectivity index (χ2n) is 4.37. The Kier molecular flexibility index (Phi) is 3.46. The van der Waals surface area contributed by atoms with E-state index < -0.39 is 4.92 Å². The van der Waals surface area contributed by atoms with Crippen molar-refractivity contribution in [3.8, 4) is 0 Å². The van der Waals surface area contributed by atoms with Gasteiger partial charge in [0.25, 0.3) is 5.69 Å². The summed E-state index contributed by atoms with van der Waals surface area (Å²) in [6, 6.07) is 4.00. The number of anilines is 1. The molecule has 0 unspecified atom stereocenters. The van der Waals surface area contributed by atoms with Crippen LogP contribution in [0.5, 0.6) is 0 Å². The van der Waals surface area contributed by atoms with E-state index >= 15 is 0 Å². The highest BCUT2D eigenvalue weighted by atomic mass is 16.6. The lowest BCUT2D eigenvalue weighted by molar-refractivity contribution is -0.384. The number of hydrogen-bond acceptors (Lipinski definition) is 5. The highest BCUT2D eigenvalue weighted by molar-refractivity contribution is 5.97. The van der Waals surface area contributed by atoms with Crippen LogP contribution in [0, 0.1) is 10.1 Å². The SMILES string of the molecule is Nc1ccc([N+](=O)[O-])cc1CN1C(=O)CCCC1=O. The number of nitro groups is 1. The summed E-state index contributed by atoms with van der Waals surface area (Å²) in [6.07, 6.45) is 1.19. The predicted molar refractivity (Wildman–Crippen MR) is 66.9 cm³/mol. The number of nitrogens with zero attached hydrogens (tertiary/aromatic N) is 2. The summed E-state index contributed by atoms with van der Waals surface area (Å²) in [5, 5.41) is 10.7. The minimum Gasteiger partial charge on any atom is -0.398 e. The van der Waals surface area contributed by atoms with Crippen LogP contribution < -0.4 is 5.73 Å². The Bertz CT molecular complexity index is 540. The zero-order chi connectivity index (χ0) is 14.0. The van der Waals surface area contributed by atoms with Crippen molar-refractivity contribution in [2.24, 2.45) is 0 Å². The molecule has 100 valence electrons. The average Bonchev–Trinajstić information content (AvgIpc) is 2.35. The molecular formula is C12H13N3O4. The third-order valence-electron chi connectivity index (χ3n) is 3.05. The maximum atomic E-state index is 11.7. The van der Waals surface area contributed by atoms with Gasteiger partial charge in [0.1, 0.15) is 0 Å². The zero-order valence-electron chi connectivity index (χ0n) is 10.2. The van der Waals surface area contributed by atoms with Gasteiger partial charge in [-0.3, -0.25) is 24.6 Å². The van der Waals surface area contributed by atoms with Crippen LogP contribution >= 0.6 is 0 Å². The molecule has 0 aliphatic carbocycles. The smallest absolute Gasteiger partial charge is 0.269 e. The molecule has 1 aromatic rings. The van der Waals surface area contributed by atoms with Gasteiger partial charge >= 0.3 is 0 Å². The van der Waals surface area contributed by atoms with Crippen LogP contribution in [0.3, 0.4) is 0 Å². The Balaban J connectivity index is 2.27. The molecule has 2 amide bonds. The Morgan fingerprint density at radius 2 is 1.89 bits per heavy atom. The number of hydrogen-bond donors (Lipinski definition) is 1. The number of imide groups is 1. The van der Waals surface area contributed by atoms with Crippen molar-refractivity contribution in [3.63, 3.8) is 0 Å². The van der Waals surface area contributed by atoms with Gasteiger partial charge in [0.15, 0.2) is 0 Å². The molecule has 1 aromatic carbocycles. The molecule has 0 bridgehead atoms. The second-order valence-corrected chi connectivity index (χ2v) is 4.37. The first-order valence-electron chi connectivity index (χ1n) is 5.85. The van der Waals surface area contributed by atoms with E-state index in [-0.39, 0.29) is 24.0 Å². The van der Waals surface area contributed by atoms with Crippen molar-refractivity contribution in [3.05, 3.63) is 33.9 Å². The first-order valence-corrected chi connectivity index (χ1v) is 5.85. The van der Waals surface area contributed by atoms with Crippen molar-refractivity contribution < 1.29 is 14.5 Å². The molecule has 1 aliphatic heterocycles. The molecule has 19 heavy (non-hydrogen) atoms. The van der Waals surface area contributed by atoms with Gasteiger partial charge in [0.2, 0.25) is 11.8 Å². The minimum atomic E-state index is -0.539. The summed E-state index contributed by atoms with van der Waals surface area (Å²) >= 11 is 0. The van der Waals surface area contributed by atoms with Crippen molar-refractivity contribution in [2.75, 3.05) is 5.73 Å². The number of piperidine rings is 1. The lowest BCUT2D eigenvalue weighted by Gasteiger charge is -2.25. The molecule has 1 fully saturated rings. The molecule has 7 heteroatoms. The summed E-state index contributed by atoms with van der Waals surface area (Å²) in [5.74, 6) is -0.524. The first-order chi connectivity index (χ1) is 8.99. The van der Waals surface area contributed by atoms with Crippen molar-refractivity contribution in [1.82, 2.24) is 4.90 Å². The van der Waals surface area contributed by atoms with Gasteiger partial charge in [-0.1, -0.05) is 0 Å². The largest absolute Gasteiger partial charge is 0.398 e. The van der Waals surface area contributed by atoms with Crippen LogP contribution in [0.1, 0.15) is 24.8 Å².